The fraction of sp³-hybridized carbons (Fsp3) is 0.208. The number of aryl methyl sites for hydroxylation is 1. The van der Waals surface area contributed by atoms with Crippen LogP contribution >= 0.6 is 0 Å². The number of nitrogens with zero attached hydrogens (tertiary/aromatic N) is 2. The fourth-order valence-electron chi connectivity index (χ4n) is 3.94. The quantitative estimate of drug-likeness (QED) is 0.632. The van der Waals surface area contributed by atoms with Crippen molar-refractivity contribution < 1.29 is 9.47 Å². The predicted octanol–water partition coefficient (Wildman–Crippen LogP) is 5.25. The second kappa shape index (κ2) is 6.71. The van der Waals surface area contributed by atoms with Crippen molar-refractivity contribution in [3.8, 4) is 11.5 Å². The van der Waals surface area contributed by atoms with Gasteiger partial charge in [-0.25, -0.2) is 5.01 Å². The molecule has 0 radical (unpaired) electrons. The lowest BCUT2D eigenvalue weighted by Crippen LogP contribution is -2.33. The second-order valence-electron chi connectivity index (χ2n) is 7.29. The lowest BCUT2D eigenvalue weighted by atomic mass is 9.96. The summed E-state index contributed by atoms with van der Waals surface area (Å²) in [5.74, 6) is 1.80. The molecule has 2 heterocycles. The molecule has 0 saturated heterocycles. The van der Waals surface area contributed by atoms with Gasteiger partial charge in [0.1, 0.15) is 11.5 Å². The van der Waals surface area contributed by atoms with Crippen LogP contribution in [0.25, 0.3) is 0 Å². The molecule has 0 saturated carbocycles. The summed E-state index contributed by atoms with van der Waals surface area (Å²) >= 11 is 0. The third-order valence-electron chi connectivity index (χ3n) is 5.48. The van der Waals surface area contributed by atoms with Crippen LogP contribution in [0.1, 0.15) is 40.9 Å². The molecular weight excluding hydrogens is 348 g/mol. The van der Waals surface area contributed by atoms with Crippen LogP contribution in [-0.2, 0) is 0 Å². The SMILES string of the molecule is COc1ccc(C2=NN3[C@H](C2)c2ccccc2O[C@@H]3c2ccc(C)cc2)cc1. The van der Waals surface area contributed by atoms with Crippen LogP contribution < -0.4 is 9.47 Å². The van der Waals surface area contributed by atoms with Crippen molar-refractivity contribution in [1.82, 2.24) is 5.01 Å². The van der Waals surface area contributed by atoms with Gasteiger partial charge in [-0.15, -0.1) is 0 Å². The molecule has 0 fully saturated rings. The second-order valence-corrected chi connectivity index (χ2v) is 7.29. The Morgan fingerprint density at radius 1 is 0.964 bits per heavy atom. The maximum absolute atomic E-state index is 6.39. The van der Waals surface area contributed by atoms with E-state index < -0.39 is 0 Å². The Morgan fingerprint density at radius 2 is 1.71 bits per heavy atom. The van der Waals surface area contributed by atoms with Crippen molar-refractivity contribution >= 4 is 5.71 Å². The first kappa shape index (κ1) is 16.9. The van der Waals surface area contributed by atoms with Gasteiger partial charge in [-0.3, -0.25) is 0 Å². The van der Waals surface area contributed by atoms with E-state index in [9.17, 15) is 0 Å². The van der Waals surface area contributed by atoms with Crippen LogP contribution in [0, 0.1) is 6.92 Å². The first-order valence-corrected chi connectivity index (χ1v) is 9.55. The number of ether oxygens (including phenoxy) is 2. The van der Waals surface area contributed by atoms with Gasteiger partial charge in [0.05, 0.1) is 18.9 Å². The van der Waals surface area contributed by atoms with Crippen LogP contribution in [-0.4, -0.2) is 17.8 Å². The largest absolute Gasteiger partial charge is 0.497 e. The number of hydrogen-bond acceptors (Lipinski definition) is 4. The minimum absolute atomic E-state index is 0.174. The molecule has 2 atom stereocenters. The molecule has 3 aromatic carbocycles. The molecule has 3 aromatic rings. The molecular formula is C24H22N2O2. The topological polar surface area (TPSA) is 34.1 Å². The molecule has 0 spiro atoms. The zero-order valence-corrected chi connectivity index (χ0v) is 16.0. The average molecular weight is 370 g/mol. The van der Waals surface area contributed by atoms with Crippen LogP contribution in [0.15, 0.2) is 77.9 Å². The maximum Gasteiger partial charge on any atom is 0.213 e. The van der Waals surface area contributed by atoms with Crippen LogP contribution in [0.2, 0.25) is 0 Å². The minimum Gasteiger partial charge on any atom is -0.497 e. The number of methoxy groups -OCH3 is 1. The Balaban J connectivity index is 1.56. The van der Waals surface area contributed by atoms with E-state index in [0.717, 1.165) is 34.8 Å². The zero-order chi connectivity index (χ0) is 19.1. The predicted molar refractivity (Wildman–Crippen MR) is 110 cm³/mol. The van der Waals surface area contributed by atoms with Gasteiger partial charge in [0.25, 0.3) is 0 Å². The summed E-state index contributed by atoms with van der Waals surface area (Å²) in [6.07, 6.45) is 0.631. The highest BCUT2D eigenvalue weighted by Gasteiger charge is 2.40. The highest BCUT2D eigenvalue weighted by atomic mass is 16.5. The molecule has 28 heavy (non-hydrogen) atoms. The van der Waals surface area contributed by atoms with Crippen molar-refractivity contribution in [2.75, 3.05) is 7.11 Å². The van der Waals surface area contributed by atoms with Crippen molar-refractivity contribution in [3.05, 3.63) is 95.1 Å². The van der Waals surface area contributed by atoms with E-state index in [2.05, 4.69) is 66.5 Å². The molecule has 0 N–H and O–H groups in total. The van der Waals surface area contributed by atoms with Crippen LogP contribution in [0.3, 0.4) is 0 Å². The van der Waals surface area contributed by atoms with E-state index in [1.54, 1.807) is 7.11 Å². The van der Waals surface area contributed by atoms with E-state index >= 15 is 0 Å². The number of para-hydroxylation sites is 1. The molecule has 2 aliphatic rings. The Kier molecular flexibility index (Phi) is 4.05. The van der Waals surface area contributed by atoms with Crippen molar-refractivity contribution in [1.29, 1.82) is 0 Å². The summed E-state index contributed by atoms with van der Waals surface area (Å²) < 4.78 is 11.7. The Labute approximate surface area is 165 Å². The first-order valence-electron chi connectivity index (χ1n) is 9.55. The summed E-state index contributed by atoms with van der Waals surface area (Å²) in [7, 11) is 1.68. The van der Waals surface area contributed by atoms with Crippen molar-refractivity contribution in [3.63, 3.8) is 0 Å². The van der Waals surface area contributed by atoms with E-state index in [4.69, 9.17) is 14.6 Å². The molecule has 0 aliphatic carbocycles. The molecule has 4 nitrogen and oxygen atoms in total. The molecule has 0 aromatic heterocycles. The lowest BCUT2D eigenvalue weighted by Gasteiger charge is -2.38. The number of hydrazone groups is 1. The molecule has 4 heteroatoms. The van der Waals surface area contributed by atoms with Crippen LogP contribution in [0.5, 0.6) is 11.5 Å². The number of rotatable bonds is 3. The smallest absolute Gasteiger partial charge is 0.213 e. The number of benzene rings is 3. The summed E-state index contributed by atoms with van der Waals surface area (Å²) in [4.78, 5) is 0. The normalized spacial score (nSPS) is 20.1. The maximum atomic E-state index is 6.39. The minimum atomic E-state index is -0.226. The van der Waals surface area contributed by atoms with Gasteiger partial charge >= 0.3 is 0 Å². The standard InChI is InChI=1S/C24H22N2O2/c1-16-7-9-18(10-8-16)24-26-22(20-5-3-4-6-23(20)28-24)15-21(25-26)17-11-13-19(27-2)14-12-17/h3-14,22,24H,15H2,1-2H3/t22-,24-/m1/s1. The third kappa shape index (κ3) is 2.82. The Hall–Kier alpha value is -3.27. The summed E-state index contributed by atoms with van der Waals surface area (Å²) in [5.41, 5.74) is 5.74. The summed E-state index contributed by atoms with van der Waals surface area (Å²) in [6, 6.07) is 25.1. The monoisotopic (exact) mass is 370 g/mol. The van der Waals surface area contributed by atoms with Crippen molar-refractivity contribution in [2.45, 2.75) is 25.6 Å². The lowest BCUT2D eigenvalue weighted by molar-refractivity contribution is -0.0190. The van der Waals surface area contributed by atoms with Crippen LogP contribution in [0.4, 0.5) is 0 Å². The van der Waals surface area contributed by atoms with Gasteiger partial charge < -0.3 is 9.47 Å². The average Bonchev–Trinajstić information content (AvgIpc) is 3.20. The van der Waals surface area contributed by atoms with Crippen molar-refractivity contribution in [2.24, 2.45) is 5.10 Å². The molecule has 140 valence electrons. The molecule has 0 unspecified atom stereocenters. The third-order valence-corrected chi connectivity index (χ3v) is 5.48. The van der Waals surface area contributed by atoms with Gasteiger partial charge in [-0.1, -0.05) is 48.0 Å². The fourth-order valence-corrected chi connectivity index (χ4v) is 3.94. The summed E-state index contributed by atoms with van der Waals surface area (Å²) in [6.45, 7) is 2.10. The molecule has 0 amide bonds. The molecule has 0 bridgehead atoms. The molecule has 5 rings (SSSR count). The van der Waals surface area contributed by atoms with E-state index in [0.29, 0.717) is 0 Å². The highest BCUT2D eigenvalue weighted by molar-refractivity contribution is 6.02. The van der Waals surface area contributed by atoms with E-state index in [-0.39, 0.29) is 12.3 Å². The van der Waals surface area contributed by atoms with Gasteiger partial charge in [-0.05, 0) is 42.8 Å². The van der Waals surface area contributed by atoms with E-state index in [1.807, 2.05) is 18.2 Å². The zero-order valence-electron chi connectivity index (χ0n) is 16.0. The van der Waals surface area contributed by atoms with Gasteiger partial charge in [-0.2, -0.15) is 5.10 Å². The van der Waals surface area contributed by atoms with Gasteiger partial charge in [0.2, 0.25) is 6.23 Å². The summed E-state index contributed by atoms with van der Waals surface area (Å²) in [5, 5.41) is 7.12. The van der Waals surface area contributed by atoms with Gasteiger partial charge in [0, 0.05) is 17.5 Å². The number of hydrogen-bond donors (Lipinski definition) is 0. The molecule has 2 aliphatic heterocycles. The first-order chi connectivity index (χ1) is 13.7. The number of fused-ring (bicyclic) bond motifs is 3. The van der Waals surface area contributed by atoms with Gasteiger partial charge in [0.15, 0.2) is 0 Å². The highest BCUT2D eigenvalue weighted by Crippen LogP contribution is 2.47. The Morgan fingerprint density at radius 3 is 2.46 bits per heavy atom. The Bertz CT molecular complexity index is 1030. The van der Waals surface area contributed by atoms with E-state index in [1.165, 1.54) is 11.1 Å².